The first-order valence-corrected chi connectivity index (χ1v) is 4.07. The number of hydrogen-bond donors (Lipinski definition) is 1. The molecule has 1 rings (SSSR count). The Kier molecular flexibility index (Phi) is 3.49. The lowest BCUT2D eigenvalue weighted by Gasteiger charge is -2.13. The first-order chi connectivity index (χ1) is 5.74. The Hall–Kier alpha value is -0.610. The third-order valence-electron chi connectivity index (χ3n) is 2.13. The highest BCUT2D eigenvalue weighted by Crippen LogP contribution is 2.17. The molecule has 0 aromatic rings. The van der Waals surface area contributed by atoms with Gasteiger partial charge >= 0.3 is 5.97 Å². The summed E-state index contributed by atoms with van der Waals surface area (Å²) in [5, 5.41) is 8.74. The number of rotatable bonds is 2. The van der Waals surface area contributed by atoms with Crippen LogP contribution in [0.2, 0.25) is 0 Å². The highest BCUT2D eigenvalue weighted by molar-refractivity contribution is 5.70. The minimum Gasteiger partial charge on any atom is -0.481 e. The van der Waals surface area contributed by atoms with Crippen molar-refractivity contribution in [3.8, 4) is 0 Å². The van der Waals surface area contributed by atoms with Crippen LogP contribution in [0.4, 0.5) is 0 Å². The molecule has 4 heteroatoms. The van der Waals surface area contributed by atoms with Gasteiger partial charge in [0.05, 0.1) is 18.6 Å². The third kappa shape index (κ3) is 2.46. The minimum absolute atomic E-state index is 0.0357. The lowest BCUT2D eigenvalue weighted by molar-refractivity contribution is -0.144. The molecule has 1 fully saturated rings. The van der Waals surface area contributed by atoms with Crippen LogP contribution in [0.5, 0.6) is 0 Å². The third-order valence-corrected chi connectivity index (χ3v) is 2.13. The van der Waals surface area contributed by atoms with Gasteiger partial charge in [0, 0.05) is 13.7 Å². The van der Waals surface area contributed by atoms with E-state index in [0.717, 1.165) is 6.42 Å². The van der Waals surface area contributed by atoms with Crippen LogP contribution in [-0.4, -0.2) is 37.5 Å². The zero-order chi connectivity index (χ0) is 8.97. The molecular weight excluding hydrogens is 160 g/mol. The number of aliphatic carboxylic acids is 1. The Balaban J connectivity index is 2.47. The molecule has 0 saturated carbocycles. The van der Waals surface area contributed by atoms with Crippen LogP contribution in [0, 0.1) is 5.92 Å². The number of ether oxygens (including phenoxy) is 2. The van der Waals surface area contributed by atoms with Crippen LogP contribution in [0.3, 0.4) is 0 Å². The first-order valence-electron chi connectivity index (χ1n) is 4.07. The van der Waals surface area contributed by atoms with Crippen LogP contribution in [0.15, 0.2) is 0 Å². The monoisotopic (exact) mass is 174 g/mol. The topological polar surface area (TPSA) is 55.8 Å². The van der Waals surface area contributed by atoms with E-state index in [-0.39, 0.29) is 6.10 Å². The number of carboxylic acids is 1. The Morgan fingerprint density at radius 1 is 1.67 bits per heavy atom. The van der Waals surface area contributed by atoms with Gasteiger partial charge in [-0.2, -0.15) is 0 Å². The van der Waals surface area contributed by atoms with Gasteiger partial charge in [-0.3, -0.25) is 4.79 Å². The first kappa shape index (κ1) is 9.48. The quantitative estimate of drug-likeness (QED) is 0.662. The summed E-state index contributed by atoms with van der Waals surface area (Å²) in [6.07, 6.45) is 1.39. The Morgan fingerprint density at radius 2 is 2.42 bits per heavy atom. The van der Waals surface area contributed by atoms with Crippen molar-refractivity contribution < 1.29 is 19.4 Å². The molecule has 1 saturated heterocycles. The van der Waals surface area contributed by atoms with E-state index in [1.807, 2.05) is 0 Å². The van der Waals surface area contributed by atoms with E-state index in [1.165, 1.54) is 0 Å². The maximum Gasteiger partial charge on any atom is 0.308 e. The van der Waals surface area contributed by atoms with Crippen molar-refractivity contribution in [3.63, 3.8) is 0 Å². The predicted molar refractivity (Wildman–Crippen MR) is 42.0 cm³/mol. The van der Waals surface area contributed by atoms with Crippen molar-refractivity contribution in [2.75, 3.05) is 20.3 Å². The van der Waals surface area contributed by atoms with E-state index in [4.69, 9.17) is 14.6 Å². The molecule has 1 heterocycles. The average molecular weight is 174 g/mol. The number of methoxy groups -OCH3 is 1. The molecule has 1 aliphatic rings. The van der Waals surface area contributed by atoms with Crippen LogP contribution in [-0.2, 0) is 14.3 Å². The van der Waals surface area contributed by atoms with Crippen LogP contribution >= 0.6 is 0 Å². The van der Waals surface area contributed by atoms with Gasteiger partial charge in [-0.05, 0) is 12.8 Å². The van der Waals surface area contributed by atoms with Crippen molar-refractivity contribution in [1.29, 1.82) is 0 Å². The summed E-state index contributed by atoms with van der Waals surface area (Å²) in [4.78, 5) is 10.6. The van der Waals surface area contributed by atoms with Gasteiger partial charge in [-0.15, -0.1) is 0 Å². The summed E-state index contributed by atoms with van der Waals surface area (Å²) < 4.78 is 10.2. The van der Waals surface area contributed by atoms with Crippen LogP contribution < -0.4 is 0 Å². The van der Waals surface area contributed by atoms with Gasteiger partial charge < -0.3 is 14.6 Å². The molecule has 0 bridgehead atoms. The summed E-state index contributed by atoms with van der Waals surface area (Å²) in [6, 6.07) is 0. The molecule has 0 amide bonds. The van der Waals surface area contributed by atoms with E-state index in [2.05, 4.69) is 0 Å². The summed E-state index contributed by atoms with van der Waals surface area (Å²) in [5.74, 6) is -1.20. The maximum atomic E-state index is 10.6. The van der Waals surface area contributed by atoms with Crippen LogP contribution in [0.1, 0.15) is 12.8 Å². The molecule has 0 spiro atoms. The molecule has 0 radical (unpaired) electrons. The SMILES string of the molecule is CO[C@@H]1CCOC[C@@H](C(=O)O)C1. The molecule has 0 unspecified atom stereocenters. The Labute approximate surface area is 71.5 Å². The molecule has 0 aliphatic carbocycles. The van der Waals surface area contributed by atoms with E-state index in [9.17, 15) is 4.79 Å². The highest BCUT2D eigenvalue weighted by Gasteiger charge is 2.25. The molecule has 4 nitrogen and oxygen atoms in total. The van der Waals surface area contributed by atoms with Crippen LogP contribution in [0.25, 0.3) is 0 Å². The maximum absolute atomic E-state index is 10.6. The second-order valence-electron chi connectivity index (χ2n) is 2.99. The van der Waals surface area contributed by atoms with Crippen molar-refractivity contribution in [2.24, 2.45) is 5.92 Å². The largest absolute Gasteiger partial charge is 0.481 e. The van der Waals surface area contributed by atoms with Crippen molar-refractivity contribution in [1.82, 2.24) is 0 Å². The molecule has 1 aliphatic heterocycles. The number of carboxylic acid groups (broad SMARTS) is 1. The lowest BCUT2D eigenvalue weighted by Crippen LogP contribution is -2.22. The van der Waals surface area contributed by atoms with Crippen molar-refractivity contribution >= 4 is 5.97 Å². The zero-order valence-corrected chi connectivity index (χ0v) is 7.16. The molecule has 2 atom stereocenters. The smallest absolute Gasteiger partial charge is 0.308 e. The van der Waals surface area contributed by atoms with Gasteiger partial charge in [0.25, 0.3) is 0 Å². The normalized spacial score (nSPS) is 31.1. The summed E-state index contributed by atoms with van der Waals surface area (Å²) in [7, 11) is 1.61. The molecule has 12 heavy (non-hydrogen) atoms. The molecular formula is C8H14O4. The second-order valence-corrected chi connectivity index (χ2v) is 2.99. The summed E-state index contributed by atoms with van der Waals surface area (Å²) in [6.45, 7) is 0.914. The van der Waals surface area contributed by atoms with Gasteiger partial charge in [0.15, 0.2) is 0 Å². The van der Waals surface area contributed by atoms with Gasteiger partial charge in [0.2, 0.25) is 0 Å². The minimum atomic E-state index is -0.793. The second kappa shape index (κ2) is 4.42. The number of hydrogen-bond acceptors (Lipinski definition) is 3. The predicted octanol–water partition coefficient (Wildman–Crippen LogP) is 0.513. The van der Waals surface area contributed by atoms with Crippen molar-refractivity contribution in [2.45, 2.75) is 18.9 Å². The summed E-state index contributed by atoms with van der Waals surface area (Å²) in [5.41, 5.74) is 0. The standard InChI is InChI=1S/C8H14O4/c1-11-7-2-3-12-5-6(4-7)8(9)10/h6-7H,2-5H2,1H3,(H,9,10)/t6-,7+/m0/s1. The van der Waals surface area contributed by atoms with Gasteiger partial charge in [0.1, 0.15) is 0 Å². The zero-order valence-electron chi connectivity index (χ0n) is 7.16. The van der Waals surface area contributed by atoms with Crippen molar-refractivity contribution in [3.05, 3.63) is 0 Å². The molecule has 0 aromatic carbocycles. The Bertz CT molecular complexity index is 157. The molecule has 70 valence electrons. The molecule has 1 N–H and O–H groups in total. The van der Waals surface area contributed by atoms with E-state index in [0.29, 0.717) is 19.6 Å². The van der Waals surface area contributed by atoms with E-state index < -0.39 is 11.9 Å². The van der Waals surface area contributed by atoms with Gasteiger partial charge in [-0.1, -0.05) is 0 Å². The lowest BCUT2D eigenvalue weighted by atomic mass is 10.0. The van der Waals surface area contributed by atoms with Gasteiger partial charge in [-0.25, -0.2) is 0 Å². The fraction of sp³-hybridized carbons (Fsp3) is 0.875. The Morgan fingerprint density at radius 3 is 3.00 bits per heavy atom. The van der Waals surface area contributed by atoms with E-state index in [1.54, 1.807) is 7.11 Å². The highest BCUT2D eigenvalue weighted by atomic mass is 16.5. The fourth-order valence-corrected chi connectivity index (χ4v) is 1.33. The fourth-order valence-electron chi connectivity index (χ4n) is 1.33. The average Bonchev–Trinajstić information content (AvgIpc) is 2.28. The summed E-state index contributed by atoms with van der Waals surface area (Å²) >= 11 is 0. The van der Waals surface area contributed by atoms with E-state index >= 15 is 0 Å². The molecule has 0 aromatic heterocycles. The number of carbonyl (C=O) groups is 1.